The minimum atomic E-state index is -3.31. The van der Waals surface area contributed by atoms with Crippen LogP contribution in [0.3, 0.4) is 0 Å². The zero-order valence-corrected chi connectivity index (χ0v) is 17.5. The molecule has 0 aliphatic heterocycles. The summed E-state index contributed by atoms with van der Waals surface area (Å²) in [6.45, 7) is 4.04. The lowest BCUT2D eigenvalue weighted by Gasteiger charge is -2.20. The highest BCUT2D eigenvalue weighted by Crippen LogP contribution is 2.25. The van der Waals surface area contributed by atoms with E-state index in [0.29, 0.717) is 5.69 Å². The molecule has 3 rings (SSSR count). The van der Waals surface area contributed by atoms with Crippen LogP contribution in [0.2, 0.25) is 0 Å². The van der Waals surface area contributed by atoms with Crippen LogP contribution in [-0.2, 0) is 27.5 Å². The Hall–Kier alpha value is -2.18. The highest BCUT2D eigenvalue weighted by Gasteiger charge is 2.14. The molecule has 28 heavy (non-hydrogen) atoms. The first kappa shape index (κ1) is 20.6. The summed E-state index contributed by atoms with van der Waals surface area (Å²) in [6.07, 6.45) is 5.95. The summed E-state index contributed by atoms with van der Waals surface area (Å²) in [5, 5.41) is 6.07. The fraction of sp³-hybridized carbons (Fsp3) is 0.409. The van der Waals surface area contributed by atoms with E-state index in [2.05, 4.69) is 28.8 Å². The molecule has 0 aromatic heterocycles. The number of nitrogens with one attached hydrogen (secondary N) is 2. The Morgan fingerprint density at radius 2 is 1.79 bits per heavy atom. The Balaban J connectivity index is 1.61. The number of hydrogen-bond donors (Lipinski definition) is 2. The Kier molecular flexibility index (Phi) is 6.20. The monoisotopic (exact) mass is 400 g/mol. The van der Waals surface area contributed by atoms with Gasteiger partial charge in [-0.2, -0.15) is 0 Å². The second kappa shape index (κ2) is 8.45. The van der Waals surface area contributed by atoms with Gasteiger partial charge < -0.3 is 10.6 Å². The molecule has 2 aromatic rings. The number of carbonyl (C=O) groups is 1. The smallest absolute Gasteiger partial charge is 0.238 e. The normalized spacial score (nSPS) is 15.0. The average Bonchev–Trinajstić information content (AvgIpc) is 2.66. The lowest BCUT2D eigenvalue weighted by molar-refractivity contribution is -0.115. The summed E-state index contributed by atoms with van der Waals surface area (Å²) in [5.41, 5.74) is 5.40. The Bertz CT molecular complexity index is 983. The highest BCUT2D eigenvalue weighted by atomic mass is 32.2. The molecule has 0 spiro atoms. The van der Waals surface area contributed by atoms with Gasteiger partial charge in [-0.05, 0) is 73.9 Å². The van der Waals surface area contributed by atoms with Crippen molar-refractivity contribution in [2.24, 2.45) is 0 Å². The Morgan fingerprint density at radius 3 is 2.50 bits per heavy atom. The number of rotatable bonds is 6. The van der Waals surface area contributed by atoms with Crippen molar-refractivity contribution in [2.75, 3.05) is 18.1 Å². The molecular formula is C22H28N2O3S. The summed E-state index contributed by atoms with van der Waals surface area (Å²) >= 11 is 0. The molecule has 0 fully saturated rings. The fourth-order valence-corrected chi connectivity index (χ4v) is 4.19. The first-order valence-corrected chi connectivity index (χ1v) is 11.6. The van der Waals surface area contributed by atoms with Crippen molar-refractivity contribution in [3.8, 4) is 0 Å². The van der Waals surface area contributed by atoms with Crippen LogP contribution in [-0.4, -0.2) is 27.1 Å². The van der Waals surface area contributed by atoms with Crippen molar-refractivity contribution in [3.63, 3.8) is 0 Å². The van der Waals surface area contributed by atoms with Crippen molar-refractivity contribution in [1.29, 1.82) is 0 Å². The largest absolute Gasteiger partial charge is 0.325 e. The van der Waals surface area contributed by atoms with Crippen molar-refractivity contribution in [3.05, 3.63) is 58.7 Å². The summed E-state index contributed by atoms with van der Waals surface area (Å²) in [4.78, 5) is 12.6. The quantitative estimate of drug-likeness (QED) is 0.777. The van der Waals surface area contributed by atoms with Gasteiger partial charge >= 0.3 is 0 Å². The van der Waals surface area contributed by atoms with E-state index in [9.17, 15) is 13.2 Å². The summed E-state index contributed by atoms with van der Waals surface area (Å²) in [7, 11) is -3.31. The minimum Gasteiger partial charge on any atom is -0.325 e. The molecule has 0 unspecified atom stereocenters. The van der Waals surface area contributed by atoms with Crippen LogP contribution < -0.4 is 10.6 Å². The minimum absolute atomic E-state index is 0.0569. The summed E-state index contributed by atoms with van der Waals surface area (Å²) < 4.78 is 23.5. The van der Waals surface area contributed by atoms with Crippen LogP contribution >= 0.6 is 0 Å². The number of aryl methyl sites for hydroxylation is 3. The molecule has 1 aliphatic rings. The molecule has 0 radical (unpaired) electrons. The molecule has 1 atom stereocenters. The summed E-state index contributed by atoms with van der Waals surface area (Å²) in [5.74, 6) is -0.196. The van der Waals surface area contributed by atoms with Gasteiger partial charge in [0.1, 0.15) is 0 Å². The topological polar surface area (TPSA) is 75.3 Å². The van der Waals surface area contributed by atoms with Gasteiger partial charge in [-0.3, -0.25) is 4.79 Å². The number of carbonyl (C=O) groups excluding carboxylic acids is 1. The van der Waals surface area contributed by atoms with Crippen molar-refractivity contribution in [2.45, 2.75) is 50.5 Å². The van der Waals surface area contributed by atoms with E-state index in [4.69, 9.17) is 0 Å². The van der Waals surface area contributed by atoms with Gasteiger partial charge in [0.05, 0.1) is 11.4 Å². The van der Waals surface area contributed by atoms with E-state index >= 15 is 0 Å². The molecule has 1 amide bonds. The van der Waals surface area contributed by atoms with E-state index < -0.39 is 9.84 Å². The fourth-order valence-electron chi connectivity index (χ4n) is 3.55. The summed E-state index contributed by atoms with van der Waals surface area (Å²) in [6, 6.07) is 11.4. The lowest BCUT2D eigenvalue weighted by Crippen LogP contribution is -2.30. The van der Waals surface area contributed by atoms with Crippen LogP contribution in [0.4, 0.5) is 5.69 Å². The molecule has 0 saturated carbocycles. The van der Waals surface area contributed by atoms with Gasteiger partial charge in [0.15, 0.2) is 9.84 Å². The predicted molar refractivity (Wildman–Crippen MR) is 112 cm³/mol. The molecule has 1 aliphatic carbocycles. The SMILES string of the molecule is Cc1ccc(S(C)(=O)=O)cc1NC(=O)CN[C@H](C)c1ccc2c(c1)CCCC2. The van der Waals surface area contributed by atoms with Gasteiger partial charge in [-0.25, -0.2) is 8.42 Å². The van der Waals surface area contributed by atoms with Crippen molar-refractivity contribution in [1.82, 2.24) is 5.32 Å². The number of amides is 1. The van der Waals surface area contributed by atoms with Crippen LogP contribution in [0.1, 0.15) is 48.1 Å². The third kappa shape index (κ3) is 5.00. The van der Waals surface area contributed by atoms with Crippen molar-refractivity contribution < 1.29 is 13.2 Å². The van der Waals surface area contributed by atoms with Crippen molar-refractivity contribution >= 4 is 21.4 Å². The average molecular weight is 401 g/mol. The van der Waals surface area contributed by atoms with Gasteiger partial charge in [0.2, 0.25) is 5.91 Å². The van der Waals surface area contributed by atoms with E-state index in [1.54, 1.807) is 12.1 Å². The van der Waals surface area contributed by atoms with Crippen LogP contribution in [0.15, 0.2) is 41.3 Å². The number of sulfone groups is 1. The van der Waals surface area contributed by atoms with Gasteiger partial charge in [-0.1, -0.05) is 24.3 Å². The number of fused-ring (bicyclic) bond motifs is 1. The third-order valence-electron chi connectivity index (χ3n) is 5.35. The highest BCUT2D eigenvalue weighted by molar-refractivity contribution is 7.90. The van der Waals surface area contributed by atoms with Crippen LogP contribution in [0.5, 0.6) is 0 Å². The van der Waals surface area contributed by atoms with E-state index in [1.807, 2.05) is 13.8 Å². The zero-order valence-electron chi connectivity index (χ0n) is 16.7. The van der Waals surface area contributed by atoms with E-state index in [-0.39, 0.29) is 23.4 Å². The molecule has 0 heterocycles. The zero-order chi connectivity index (χ0) is 20.3. The third-order valence-corrected chi connectivity index (χ3v) is 6.46. The second-order valence-corrected chi connectivity index (χ2v) is 9.65. The van der Waals surface area contributed by atoms with Crippen LogP contribution in [0, 0.1) is 6.92 Å². The van der Waals surface area contributed by atoms with E-state index in [0.717, 1.165) is 24.7 Å². The van der Waals surface area contributed by atoms with Gasteiger partial charge in [-0.15, -0.1) is 0 Å². The first-order valence-electron chi connectivity index (χ1n) is 9.69. The number of benzene rings is 2. The van der Waals surface area contributed by atoms with E-state index in [1.165, 1.54) is 35.6 Å². The lowest BCUT2D eigenvalue weighted by atomic mass is 9.89. The molecule has 150 valence electrons. The first-order chi connectivity index (χ1) is 13.2. The second-order valence-electron chi connectivity index (χ2n) is 7.63. The molecule has 2 aromatic carbocycles. The molecule has 0 bridgehead atoms. The Morgan fingerprint density at radius 1 is 1.07 bits per heavy atom. The molecule has 6 heteroatoms. The number of anilines is 1. The number of hydrogen-bond acceptors (Lipinski definition) is 4. The standard InChI is InChI=1S/C22H28N2O3S/c1-15-8-11-20(28(3,26)27)13-21(15)24-22(25)14-23-16(2)18-10-9-17-6-4-5-7-19(17)12-18/h8-13,16,23H,4-7,14H2,1-3H3,(H,24,25)/t16-/m1/s1. The maximum Gasteiger partial charge on any atom is 0.238 e. The molecule has 2 N–H and O–H groups in total. The molecular weight excluding hydrogens is 372 g/mol. The maximum absolute atomic E-state index is 12.4. The van der Waals surface area contributed by atoms with Crippen LogP contribution in [0.25, 0.3) is 0 Å². The van der Waals surface area contributed by atoms with Gasteiger partial charge in [0.25, 0.3) is 0 Å². The maximum atomic E-state index is 12.4. The van der Waals surface area contributed by atoms with Gasteiger partial charge in [0, 0.05) is 18.0 Å². The molecule has 0 saturated heterocycles. The predicted octanol–water partition coefficient (Wildman–Crippen LogP) is 3.57. The molecule has 5 nitrogen and oxygen atoms in total. The Labute approximate surface area is 167 Å².